The molecule has 0 aliphatic heterocycles. The Bertz CT molecular complexity index is 481. The van der Waals surface area contributed by atoms with Gasteiger partial charge in [-0.2, -0.15) is 0 Å². The van der Waals surface area contributed by atoms with Crippen LogP contribution in [0.25, 0.3) is 0 Å². The van der Waals surface area contributed by atoms with Crippen LogP contribution < -0.4 is 16.0 Å². The summed E-state index contributed by atoms with van der Waals surface area (Å²) in [7, 11) is 0. The summed E-state index contributed by atoms with van der Waals surface area (Å²) in [5.74, 6) is 0.145. The van der Waals surface area contributed by atoms with E-state index in [2.05, 4.69) is 48.3 Å². The van der Waals surface area contributed by atoms with Crippen LogP contribution in [0.2, 0.25) is 0 Å². The molecule has 0 saturated heterocycles. The van der Waals surface area contributed by atoms with Crippen molar-refractivity contribution in [3.05, 3.63) is 29.8 Å². The lowest BCUT2D eigenvalue weighted by molar-refractivity contribution is -0.125. The fourth-order valence-electron chi connectivity index (χ4n) is 3.03. The maximum atomic E-state index is 12.2. The number of hydrogen-bond donors (Lipinski definition) is 2. The number of nitrogens with two attached hydrogens (primary N) is 1. The Morgan fingerprint density at radius 3 is 2.38 bits per heavy atom. The molecule has 4 nitrogen and oxygen atoms in total. The molecule has 1 aromatic carbocycles. The molecule has 0 heterocycles. The second-order valence-corrected chi connectivity index (χ2v) is 5.99. The van der Waals surface area contributed by atoms with Crippen LogP contribution in [0.15, 0.2) is 24.3 Å². The van der Waals surface area contributed by atoms with Crippen LogP contribution >= 0.6 is 0 Å². The molecule has 2 rings (SSSR count). The molecule has 1 aliphatic carbocycles. The molecule has 0 aromatic heterocycles. The van der Waals surface area contributed by atoms with Gasteiger partial charge in [0.15, 0.2) is 0 Å². The summed E-state index contributed by atoms with van der Waals surface area (Å²) in [6, 6.07) is 8.44. The van der Waals surface area contributed by atoms with Gasteiger partial charge in [-0.15, -0.1) is 0 Å². The molecule has 1 amide bonds. The smallest absolute Gasteiger partial charge is 0.239 e. The quantitative estimate of drug-likeness (QED) is 0.770. The zero-order chi connectivity index (χ0) is 15.5. The van der Waals surface area contributed by atoms with Gasteiger partial charge in [0.25, 0.3) is 0 Å². The fourth-order valence-corrected chi connectivity index (χ4v) is 3.03. The number of anilines is 1. The maximum Gasteiger partial charge on any atom is 0.239 e. The number of rotatable bonds is 8. The lowest BCUT2D eigenvalue weighted by Crippen LogP contribution is -2.63. The lowest BCUT2D eigenvalue weighted by Gasteiger charge is -2.37. The zero-order valence-corrected chi connectivity index (χ0v) is 13.4. The van der Waals surface area contributed by atoms with Gasteiger partial charge in [-0.3, -0.25) is 4.79 Å². The number of amides is 1. The van der Waals surface area contributed by atoms with E-state index in [0.29, 0.717) is 12.5 Å². The van der Waals surface area contributed by atoms with Crippen LogP contribution in [-0.4, -0.2) is 31.1 Å². The Hall–Kier alpha value is -1.55. The molecular weight excluding hydrogens is 262 g/mol. The second-order valence-electron chi connectivity index (χ2n) is 5.99. The van der Waals surface area contributed by atoms with Crippen LogP contribution in [0.4, 0.5) is 5.69 Å². The standard InChI is InChI=1S/C17H27N3O/c1-4-19-17(16(18)21,14-8-9-14)12-20(5-2)15-10-6-13(3)7-11-15/h6-7,10-11,14,19H,4-5,8-9,12H2,1-3H3,(H2,18,21). The van der Waals surface area contributed by atoms with Crippen molar-refractivity contribution >= 4 is 11.6 Å². The number of carbonyl (C=O) groups is 1. The third-order valence-corrected chi connectivity index (χ3v) is 4.43. The summed E-state index contributed by atoms with van der Waals surface area (Å²) < 4.78 is 0. The molecule has 1 fully saturated rings. The maximum absolute atomic E-state index is 12.2. The predicted molar refractivity (Wildman–Crippen MR) is 87.4 cm³/mol. The average molecular weight is 289 g/mol. The Kier molecular flexibility index (Phi) is 4.88. The van der Waals surface area contributed by atoms with Gasteiger partial charge in [0.05, 0.1) is 0 Å². The van der Waals surface area contributed by atoms with Gasteiger partial charge < -0.3 is 16.0 Å². The van der Waals surface area contributed by atoms with E-state index in [1.807, 2.05) is 6.92 Å². The van der Waals surface area contributed by atoms with Gasteiger partial charge in [0.1, 0.15) is 5.54 Å². The zero-order valence-electron chi connectivity index (χ0n) is 13.4. The van der Waals surface area contributed by atoms with Gasteiger partial charge in [-0.25, -0.2) is 0 Å². The summed E-state index contributed by atoms with van der Waals surface area (Å²) in [5.41, 5.74) is 7.56. The molecule has 1 atom stereocenters. The van der Waals surface area contributed by atoms with E-state index < -0.39 is 5.54 Å². The van der Waals surface area contributed by atoms with E-state index in [-0.39, 0.29) is 5.91 Å². The van der Waals surface area contributed by atoms with Crippen molar-refractivity contribution in [1.82, 2.24) is 5.32 Å². The molecule has 4 heteroatoms. The Balaban J connectivity index is 2.24. The predicted octanol–water partition coefficient (Wildman–Crippen LogP) is 2.06. The largest absolute Gasteiger partial charge is 0.369 e. The topological polar surface area (TPSA) is 58.4 Å². The van der Waals surface area contributed by atoms with Crippen molar-refractivity contribution in [2.45, 2.75) is 39.2 Å². The van der Waals surface area contributed by atoms with E-state index in [1.54, 1.807) is 0 Å². The van der Waals surface area contributed by atoms with Crippen molar-refractivity contribution < 1.29 is 4.79 Å². The van der Waals surface area contributed by atoms with Crippen molar-refractivity contribution in [1.29, 1.82) is 0 Å². The minimum Gasteiger partial charge on any atom is -0.369 e. The number of primary amides is 1. The van der Waals surface area contributed by atoms with Crippen molar-refractivity contribution in [3.8, 4) is 0 Å². The summed E-state index contributed by atoms with van der Waals surface area (Å²) in [4.78, 5) is 14.4. The van der Waals surface area contributed by atoms with E-state index in [0.717, 1.165) is 31.6 Å². The molecule has 3 N–H and O–H groups in total. The van der Waals surface area contributed by atoms with Crippen molar-refractivity contribution in [2.75, 3.05) is 24.5 Å². The monoisotopic (exact) mass is 289 g/mol. The highest BCUT2D eigenvalue weighted by molar-refractivity contribution is 5.86. The highest BCUT2D eigenvalue weighted by Crippen LogP contribution is 2.40. The van der Waals surface area contributed by atoms with E-state index >= 15 is 0 Å². The number of aryl methyl sites for hydroxylation is 1. The Morgan fingerprint density at radius 2 is 1.95 bits per heavy atom. The summed E-state index contributed by atoms with van der Waals surface area (Å²) in [6.45, 7) is 8.48. The van der Waals surface area contributed by atoms with E-state index in [1.165, 1.54) is 5.56 Å². The Morgan fingerprint density at radius 1 is 1.33 bits per heavy atom. The van der Waals surface area contributed by atoms with Crippen LogP contribution in [0.5, 0.6) is 0 Å². The first-order valence-electron chi connectivity index (χ1n) is 7.90. The van der Waals surface area contributed by atoms with Crippen LogP contribution in [0.1, 0.15) is 32.3 Å². The third kappa shape index (κ3) is 3.38. The molecule has 0 radical (unpaired) electrons. The summed E-state index contributed by atoms with van der Waals surface area (Å²) >= 11 is 0. The van der Waals surface area contributed by atoms with Gasteiger partial charge in [-0.05, 0) is 51.3 Å². The molecule has 1 aliphatic rings. The fraction of sp³-hybridized carbons (Fsp3) is 0.588. The number of carbonyl (C=O) groups excluding carboxylic acids is 1. The first kappa shape index (κ1) is 15.8. The normalized spacial score (nSPS) is 17.3. The molecule has 1 unspecified atom stereocenters. The molecular formula is C17H27N3O. The first-order valence-corrected chi connectivity index (χ1v) is 7.90. The third-order valence-electron chi connectivity index (χ3n) is 4.43. The molecule has 21 heavy (non-hydrogen) atoms. The highest BCUT2D eigenvalue weighted by atomic mass is 16.1. The van der Waals surface area contributed by atoms with Gasteiger partial charge in [0.2, 0.25) is 5.91 Å². The minimum atomic E-state index is -0.602. The molecule has 1 saturated carbocycles. The van der Waals surface area contributed by atoms with Crippen molar-refractivity contribution in [3.63, 3.8) is 0 Å². The van der Waals surface area contributed by atoms with Crippen molar-refractivity contribution in [2.24, 2.45) is 11.7 Å². The Labute approximate surface area is 127 Å². The summed E-state index contributed by atoms with van der Waals surface area (Å²) in [6.07, 6.45) is 2.17. The molecule has 1 aromatic rings. The molecule has 0 spiro atoms. The number of hydrogen-bond acceptors (Lipinski definition) is 3. The van der Waals surface area contributed by atoms with Gasteiger partial charge in [0, 0.05) is 18.8 Å². The lowest BCUT2D eigenvalue weighted by atomic mass is 9.91. The van der Waals surface area contributed by atoms with Crippen LogP contribution in [0.3, 0.4) is 0 Å². The number of likely N-dealkylation sites (N-methyl/N-ethyl adjacent to an activating group) is 2. The van der Waals surface area contributed by atoms with E-state index in [9.17, 15) is 4.79 Å². The number of nitrogens with one attached hydrogen (secondary N) is 1. The van der Waals surface area contributed by atoms with Gasteiger partial charge >= 0.3 is 0 Å². The van der Waals surface area contributed by atoms with Gasteiger partial charge in [-0.1, -0.05) is 24.6 Å². The number of benzene rings is 1. The summed E-state index contributed by atoms with van der Waals surface area (Å²) in [5, 5.41) is 3.39. The first-order chi connectivity index (χ1) is 10.0. The van der Waals surface area contributed by atoms with Crippen LogP contribution in [0, 0.1) is 12.8 Å². The van der Waals surface area contributed by atoms with Crippen LogP contribution in [-0.2, 0) is 4.79 Å². The average Bonchev–Trinajstić information content (AvgIpc) is 3.29. The number of nitrogens with zero attached hydrogens (tertiary/aromatic N) is 1. The molecule has 0 bridgehead atoms. The highest BCUT2D eigenvalue weighted by Gasteiger charge is 2.50. The second kappa shape index (κ2) is 6.48. The van der Waals surface area contributed by atoms with E-state index in [4.69, 9.17) is 5.73 Å². The molecule has 116 valence electrons. The minimum absolute atomic E-state index is 0.225. The SMILES string of the molecule is CCNC(CN(CC)c1ccc(C)cc1)(C(N)=O)C1CC1.